The first-order valence-corrected chi connectivity index (χ1v) is 7.60. The van der Waals surface area contributed by atoms with Gasteiger partial charge in [-0.1, -0.05) is 0 Å². The summed E-state index contributed by atoms with van der Waals surface area (Å²) in [4.78, 5) is 13.9. The van der Waals surface area contributed by atoms with E-state index >= 15 is 0 Å². The topological polar surface area (TPSA) is 57.7 Å². The second-order valence-corrected chi connectivity index (χ2v) is 6.50. The van der Waals surface area contributed by atoms with Crippen LogP contribution in [0.4, 0.5) is 0 Å². The second-order valence-electron chi connectivity index (χ2n) is 4.56. The van der Waals surface area contributed by atoms with Crippen molar-refractivity contribution in [1.82, 2.24) is 9.21 Å². The molecule has 2 aliphatic rings. The van der Waals surface area contributed by atoms with Crippen LogP contribution < -0.4 is 0 Å². The Morgan fingerprint density at radius 1 is 1.12 bits per heavy atom. The van der Waals surface area contributed by atoms with Gasteiger partial charge < -0.3 is 4.90 Å². The highest BCUT2D eigenvalue weighted by atomic mass is 32.2. The van der Waals surface area contributed by atoms with Crippen LogP contribution in [0.2, 0.25) is 0 Å². The summed E-state index contributed by atoms with van der Waals surface area (Å²) in [6.07, 6.45) is 4.72. The number of amides is 1. The Bertz CT molecular complexity index is 374. The number of sulfonamides is 1. The molecule has 6 heteroatoms. The molecule has 2 fully saturated rings. The summed E-state index contributed by atoms with van der Waals surface area (Å²) < 4.78 is 24.4. The van der Waals surface area contributed by atoms with E-state index in [-0.39, 0.29) is 5.91 Å². The van der Waals surface area contributed by atoms with Gasteiger partial charge in [0, 0.05) is 19.6 Å². The van der Waals surface area contributed by atoms with E-state index in [2.05, 4.69) is 0 Å². The molecule has 1 atom stereocenters. The number of hydrogen-bond donors (Lipinski definition) is 0. The first-order valence-electron chi connectivity index (χ1n) is 5.76. The van der Waals surface area contributed by atoms with Crippen molar-refractivity contribution in [2.75, 3.05) is 25.9 Å². The van der Waals surface area contributed by atoms with Gasteiger partial charge in [-0.3, -0.25) is 4.79 Å². The average Bonchev–Trinajstić information content (AvgIpc) is 2.87. The van der Waals surface area contributed by atoms with Gasteiger partial charge in [0.25, 0.3) is 0 Å². The molecule has 5 nitrogen and oxygen atoms in total. The van der Waals surface area contributed by atoms with Crippen molar-refractivity contribution >= 4 is 15.9 Å². The van der Waals surface area contributed by atoms with Crippen LogP contribution in [-0.2, 0) is 14.8 Å². The summed E-state index contributed by atoms with van der Waals surface area (Å²) in [6.45, 7) is 2.06. The smallest absolute Gasteiger partial charge is 0.241 e. The van der Waals surface area contributed by atoms with E-state index in [1.54, 1.807) is 4.90 Å². The minimum atomic E-state index is -3.24. The Morgan fingerprint density at radius 3 is 2.31 bits per heavy atom. The summed E-state index contributed by atoms with van der Waals surface area (Å²) in [5.74, 6) is 0.000394. The maximum absolute atomic E-state index is 12.1. The van der Waals surface area contributed by atoms with Crippen LogP contribution in [0.5, 0.6) is 0 Å². The number of carbonyl (C=O) groups is 1. The fourth-order valence-corrected chi connectivity index (χ4v) is 3.65. The molecule has 0 saturated carbocycles. The SMILES string of the molecule is CS(=O)(=O)N1CCC[C@@H]1C(=O)N1CCCC1. The maximum atomic E-state index is 12.1. The molecule has 0 spiro atoms. The van der Waals surface area contributed by atoms with E-state index in [1.165, 1.54) is 10.6 Å². The van der Waals surface area contributed by atoms with Gasteiger partial charge in [-0.15, -0.1) is 0 Å². The van der Waals surface area contributed by atoms with Crippen LogP contribution in [0.1, 0.15) is 25.7 Å². The van der Waals surface area contributed by atoms with E-state index in [0.29, 0.717) is 13.0 Å². The Balaban J connectivity index is 2.10. The monoisotopic (exact) mass is 246 g/mol. The van der Waals surface area contributed by atoms with Crippen LogP contribution in [0.3, 0.4) is 0 Å². The third kappa shape index (κ3) is 2.22. The largest absolute Gasteiger partial charge is 0.341 e. The standard InChI is InChI=1S/C10H18N2O3S/c1-16(14,15)12-8-4-5-9(12)10(13)11-6-2-3-7-11/h9H,2-8H2,1H3/t9-/m1/s1. The summed E-state index contributed by atoms with van der Waals surface area (Å²) in [5.41, 5.74) is 0. The zero-order chi connectivity index (χ0) is 11.8. The van der Waals surface area contributed by atoms with Crippen molar-refractivity contribution in [2.45, 2.75) is 31.7 Å². The molecule has 2 heterocycles. The normalized spacial score (nSPS) is 27.6. The van der Waals surface area contributed by atoms with E-state index in [9.17, 15) is 13.2 Å². The molecule has 0 N–H and O–H groups in total. The zero-order valence-corrected chi connectivity index (χ0v) is 10.4. The molecule has 0 aromatic rings. The molecular formula is C10H18N2O3S. The molecule has 0 unspecified atom stereocenters. The molecule has 92 valence electrons. The van der Waals surface area contributed by atoms with Crippen molar-refractivity contribution in [3.8, 4) is 0 Å². The van der Waals surface area contributed by atoms with Gasteiger partial charge in [-0.25, -0.2) is 8.42 Å². The third-order valence-corrected chi connectivity index (χ3v) is 4.62. The van der Waals surface area contributed by atoms with Gasteiger partial charge in [0.2, 0.25) is 15.9 Å². The summed E-state index contributed by atoms with van der Waals surface area (Å²) in [5, 5.41) is 0. The van der Waals surface area contributed by atoms with E-state index in [0.717, 1.165) is 32.4 Å². The first-order chi connectivity index (χ1) is 7.50. The summed E-state index contributed by atoms with van der Waals surface area (Å²) >= 11 is 0. The molecule has 0 aliphatic carbocycles. The van der Waals surface area contributed by atoms with Gasteiger partial charge in [0.1, 0.15) is 6.04 Å². The number of rotatable bonds is 2. The van der Waals surface area contributed by atoms with Crippen LogP contribution in [0.15, 0.2) is 0 Å². The molecular weight excluding hydrogens is 228 g/mol. The molecule has 0 radical (unpaired) electrons. The predicted octanol–water partition coefficient (Wildman–Crippen LogP) is 0.0328. The fourth-order valence-electron chi connectivity index (χ4n) is 2.53. The number of nitrogens with zero attached hydrogens (tertiary/aromatic N) is 2. The van der Waals surface area contributed by atoms with Gasteiger partial charge >= 0.3 is 0 Å². The zero-order valence-electron chi connectivity index (χ0n) is 9.55. The third-order valence-electron chi connectivity index (χ3n) is 3.33. The fraction of sp³-hybridized carbons (Fsp3) is 0.900. The average molecular weight is 246 g/mol. The number of carbonyl (C=O) groups excluding carboxylic acids is 1. The van der Waals surface area contributed by atoms with Crippen molar-refractivity contribution in [3.63, 3.8) is 0 Å². The Labute approximate surface area is 96.5 Å². The molecule has 0 aromatic carbocycles. The highest BCUT2D eigenvalue weighted by molar-refractivity contribution is 7.88. The predicted molar refractivity (Wildman–Crippen MR) is 60.4 cm³/mol. The minimum absolute atomic E-state index is 0.000394. The van der Waals surface area contributed by atoms with Crippen molar-refractivity contribution < 1.29 is 13.2 Å². The molecule has 2 rings (SSSR count). The van der Waals surface area contributed by atoms with E-state index in [4.69, 9.17) is 0 Å². The Morgan fingerprint density at radius 2 is 1.75 bits per heavy atom. The quantitative estimate of drug-likeness (QED) is 0.691. The second kappa shape index (κ2) is 4.33. The van der Waals surface area contributed by atoms with Crippen molar-refractivity contribution in [3.05, 3.63) is 0 Å². The molecule has 2 saturated heterocycles. The minimum Gasteiger partial charge on any atom is -0.341 e. The van der Waals surface area contributed by atoms with Gasteiger partial charge in [-0.05, 0) is 25.7 Å². The van der Waals surface area contributed by atoms with Gasteiger partial charge in [0.15, 0.2) is 0 Å². The number of hydrogen-bond acceptors (Lipinski definition) is 3. The van der Waals surface area contributed by atoms with Gasteiger partial charge in [0.05, 0.1) is 6.26 Å². The lowest BCUT2D eigenvalue weighted by molar-refractivity contribution is -0.133. The maximum Gasteiger partial charge on any atom is 0.241 e. The highest BCUT2D eigenvalue weighted by Crippen LogP contribution is 2.23. The van der Waals surface area contributed by atoms with E-state index < -0.39 is 16.1 Å². The lowest BCUT2D eigenvalue weighted by Crippen LogP contribution is -2.46. The molecule has 1 amide bonds. The lowest BCUT2D eigenvalue weighted by atomic mass is 10.2. The lowest BCUT2D eigenvalue weighted by Gasteiger charge is -2.25. The van der Waals surface area contributed by atoms with Crippen LogP contribution in [0, 0.1) is 0 Å². The van der Waals surface area contributed by atoms with Crippen LogP contribution in [-0.4, -0.2) is 55.5 Å². The van der Waals surface area contributed by atoms with E-state index in [1.807, 2.05) is 0 Å². The Kier molecular flexibility index (Phi) is 3.21. The van der Waals surface area contributed by atoms with Crippen molar-refractivity contribution in [1.29, 1.82) is 0 Å². The van der Waals surface area contributed by atoms with Crippen molar-refractivity contribution in [2.24, 2.45) is 0 Å². The summed E-state index contributed by atoms with van der Waals surface area (Å²) in [7, 11) is -3.24. The number of likely N-dealkylation sites (tertiary alicyclic amines) is 1. The van der Waals surface area contributed by atoms with Gasteiger partial charge in [-0.2, -0.15) is 4.31 Å². The van der Waals surface area contributed by atoms with Crippen LogP contribution in [0.25, 0.3) is 0 Å². The molecule has 0 bridgehead atoms. The first kappa shape index (κ1) is 11.9. The highest BCUT2D eigenvalue weighted by Gasteiger charge is 2.38. The molecule has 0 aromatic heterocycles. The Hall–Kier alpha value is -0.620. The summed E-state index contributed by atoms with van der Waals surface area (Å²) in [6, 6.07) is -0.437. The molecule has 2 aliphatic heterocycles. The molecule has 16 heavy (non-hydrogen) atoms. The van der Waals surface area contributed by atoms with Crippen LogP contribution >= 0.6 is 0 Å².